The predicted octanol–water partition coefficient (Wildman–Crippen LogP) is 3.22. The van der Waals surface area contributed by atoms with Crippen molar-refractivity contribution in [3.63, 3.8) is 0 Å². The van der Waals surface area contributed by atoms with Crippen molar-refractivity contribution in [3.05, 3.63) is 71.6 Å². The summed E-state index contributed by atoms with van der Waals surface area (Å²) < 4.78 is 10.2. The fraction of sp³-hybridized carbons (Fsp3) is 0.250. The lowest BCUT2D eigenvalue weighted by atomic mass is 10.1. The van der Waals surface area contributed by atoms with Crippen LogP contribution in [0.2, 0.25) is 0 Å². The van der Waals surface area contributed by atoms with E-state index in [0.717, 1.165) is 16.7 Å². The van der Waals surface area contributed by atoms with Gasteiger partial charge < -0.3 is 9.26 Å². The third kappa shape index (κ3) is 4.55. The van der Waals surface area contributed by atoms with Crippen LogP contribution in [-0.4, -0.2) is 34.7 Å². The van der Waals surface area contributed by atoms with Crippen molar-refractivity contribution in [2.75, 3.05) is 13.7 Å². The van der Waals surface area contributed by atoms with Gasteiger partial charge in [-0.1, -0.05) is 59.8 Å². The Morgan fingerprint density at radius 1 is 1.08 bits per heavy atom. The van der Waals surface area contributed by atoms with E-state index >= 15 is 0 Å². The molecule has 0 spiro atoms. The molecular formula is C20H21N3O3. The highest BCUT2D eigenvalue weighted by Crippen LogP contribution is 2.20. The van der Waals surface area contributed by atoms with Gasteiger partial charge in [-0.25, -0.2) is 0 Å². The van der Waals surface area contributed by atoms with Gasteiger partial charge in [0.1, 0.15) is 0 Å². The first-order valence-electron chi connectivity index (χ1n) is 8.37. The van der Waals surface area contributed by atoms with E-state index in [1.54, 1.807) is 0 Å². The first-order chi connectivity index (χ1) is 12.7. The highest BCUT2D eigenvalue weighted by atomic mass is 16.5. The second-order valence-electron chi connectivity index (χ2n) is 6.03. The van der Waals surface area contributed by atoms with Crippen molar-refractivity contribution in [2.45, 2.75) is 20.0 Å². The summed E-state index contributed by atoms with van der Waals surface area (Å²) in [5, 5.41) is 4.08. The van der Waals surface area contributed by atoms with Crippen molar-refractivity contribution < 1.29 is 14.1 Å². The Morgan fingerprint density at radius 3 is 2.54 bits per heavy atom. The van der Waals surface area contributed by atoms with Crippen molar-refractivity contribution in [1.29, 1.82) is 0 Å². The number of aromatic nitrogens is 2. The second-order valence-corrected chi connectivity index (χ2v) is 6.03. The molecule has 3 rings (SSSR count). The molecule has 0 saturated heterocycles. The maximum Gasteiger partial charge on any atom is 0.319 e. The highest BCUT2D eigenvalue weighted by Gasteiger charge is 2.17. The Balaban J connectivity index is 1.76. The first-order valence-corrected chi connectivity index (χ1v) is 8.37. The molecule has 0 unspecified atom stereocenters. The standard InChI is InChI=1S/C20H21N3O3/c1-15-8-6-7-11-17(15)20-21-18(26-22-20)13-23(14-19(24)25-2)12-16-9-4-3-5-10-16/h3-11H,12-14H2,1-2H3. The Kier molecular flexibility index (Phi) is 5.76. The van der Waals surface area contributed by atoms with E-state index in [-0.39, 0.29) is 12.5 Å². The number of hydrogen-bond acceptors (Lipinski definition) is 6. The molecule has 0 radical (unpaired) electrons. The zero-order valence-corrected chi connectivity index (χ0v) is 14.9. The number of carbonyl (C=O) groups excluding carboxylic acids is 1. The molecule has 0 N–H and O–H groups in total. The minimum absolute atomic E-state index is 0.146. The average Bonchev–Trinajstić information content (AvgIpc) is 3.11. The van der Waals surface area contributed by atoms with Crippen molar-refractivity contribution in [1.82, 2.24) is 15.0 Å². The van der Waals surface area contributed by atoms with Gasteiger partial charge in [0.15, 0.2) is 0 Å². The molecule has 6 nitrogen and oxygen atoms in total. The number of carbonyl (C=O) groups is 1. The molecule has 2 aromatic carbocycles. The van der Waals surface area contributed by atoms with Crippen LogP contribution in [-0.2, 0) is 22.6 Å². The molecule has 1 aromatic heterocycles. The van der Waals surface area contributed by atoms with Crippen LogP contribution < -0.4 is 0 Å². The van der Waals surface area contributed by atoms with Gasteiger partial charge in [-0.05, 0) is 18.1 Å². The smallest absolute Gasteiger partial charge is 0.319 e. The zero-order chi connectivity index (χ0) is 18.4. The summed E-state index contributed by atoms with van der Waals surface area (Å²) in [7, 11) is 1.38. The van der Waals surface area contributed by atoms with Crippen molar-refractivity contribution >= 4 is 5.97 Å². The van der Waals surface area contributed by atoms with Crippen LogP contribution in [0, 0.1) is 6.92 Å². The lowest BCUT2D eigenvalue weighted by Crippen LogP contribution is -2.30. The molecule has 0 bridgehead atoms. The molecule has 26 heavy (non-hydrogen) atoms. The van der Waals surface area contributed by atoms with E-state index in [1.807, 2.05) is 66.4 Å². The van der Waals surface area contributed by atoms with Crippen LogP contribution in [0.5, 0.6) is 0 Å². The number of aryl methyl sites for hydroxylation is 1. The van der Waals surface area contributed by atoms with Crippen LogP contribution in [0.3, 0.4) is 0 Å². The fourth-order valence-corrected chi connectivity index (χ4v) is 2.70. The number of benzene rings is 2. The molecule has 0 aliphatic rings. The summed E-state index contributed by atoms with van der Waals surface area (Å²) in [4.78, 5) is 18.1. The molecule has 134 valence electrons. The molecule has 0 aliphatic carbocycles. The predicted molar refractivity (Wildman–Crippen MR) is 97.0 cm³/mol. The second kappa shape index (κ2) is 8.40. The third-order valence-corrected chi connectivity index (χ3v) is 4.04. The Morgan fingerprint density at radius 2 is 1.81 bits per heavy atom. The molecule has 6 heteroatoms. The van der Waals surface area contributed by atoms with Gasteiger partial charge >= 0.3 is 5.97 Å². The van der Waals surface area contributed by atoms with E-state index < -0.39 is 0 Å². The largest absolute Gasteiger partial charge is 0.468 e. The van der Waals surface area contributed by atoms with Crippen molar-refractivity contribution in [2.24, 2.45) is 0 Å². The average molecular weight is 351 g/mol. The van der Waals surface area contributed by atoms with E-state index in [1.165, 1.54) is 7.11 Å². The van der Waals surface area contributed by atoms with Crippen molar-refractivity contribution in [3.8, 4) is 11.4 Å². The minimum atomic E-state index is -0.306. The van der Waals surface area contributed by atoms with Gasteiger partial charge in [0.2, 0.25) is 11.7 Å². The van der Waals surface area contributed by atoms with E-state index in [9.17, 15) is 4.79 Å². The summed E-state index contributed by atoms with van der Waals surface area (Å²) in [6, 6.07) is 17.8. The van der Waals surface area contributed by atoms with Crippen LogP contribution in [0.25, 0.3) is 11.4 Å². The van der Waals surface area contributed by atoms with Crippen LogP contribution in [0.1, 0.15) is 17.0 Å². The Labute approximate surface area is 152 Å². The number of methoxy groups -OCH3 is 1. The highest BCUT2D eigenvalue weighted by molar-refractivity contribution is 5.71. The Bertz CT molecular complexity index is 862. The molecule has 0 amide bonds. The van der Waals surface area contributed by atoms with Crippen LogP contribution in [0.4, 0.5) is 0 Å². The molecule has 1 heterocycles. The third-order valence-electron chi connectivity index (χ3n) is 4.04. The number of esters is 1. The molecule has 0 saturated carbocycles. The normalized spacial score (nSPS) is 10.9. The van der Waals surface area contributed by atoms with Crippen LogP contribution >= 0.6 is 0 Å². The summed E-state index contributed by atoms with van der Waals surface area (Å²) in [5.41, 5.74) is 3.11. The lowest BCUT2D eigenvalue weighted by Gasteiger charge is -2.19. The van der Waals surface area contributed by atoms with Gasteiger partial charge in [-0.3, -0.25) is 9.69 Å². The molecule has 3 aromatic rings. The fourth-order valence-electron chi connectivity index (χ4n) is 2.70. The number of rotatable bonds is 7. The lowest BCUT2D eigenvalue weighted by molar-refractivity contribution is -0.142. The number of hydrogen-bond donors (Lipinski definition) is 0. The quantitative estimate of drug-likeness (QED) is 0.609. The van der Waals surface area contributed by atoms with Gasteiger partial charge in [0.25, 0.3) is 0 Å². The first kappa shape index (κ1) is 17.8. The van der Waals surface area contributed by atoms with E-state index in [4.69, 9.17) is 9.26 Å². The minimum Gasteiger partial charge on any atom is -0.468 e. The van der Waals surface area contributed by atoms with Gasteiger partial charge in [0.05, 0.1) is 20.2 Å². The SMILES string of the molecule is COC(=O)CN(Cc1ccccc1)Cc1nc(-c2ccccc2C)no1. The van der Waals surface area contributed by atoms with E-state index in [2.05, 4.69) is 10.1 Å². The summed E-state index contributed by atoms with van der Waals surface area (Å²) in [5.74, 6) is 0.707. The van der Waals surface area contributed by atoms with E-state index in [0.29, 0.717) is 24.8 Å². The van der Waals surface area contributed by atoms with Gasteiger partial charge in [-0.15, -0.1) is 0 Å². The monoisotopic (exact) mass is 351 g/mol. The maximum absolute atomic E-state index is 11.7. The summed E-state index contributed by atoms with van der Waals surface area (Å²) in [6.07, 6.45) is 0. The molecule has 0 fully saturated rings. The topological polar surface area (TPSA) is 68.5 Å². The zero-order valence-electron chi connectivity index (χ0n) is 14.9. The molecular weight excluding hydrogens is 330 g/mol. The number of nitrogens with zero attached hydrogens (tertiary/aromatic N) is 3. The van der Waals surface area contributed by atoms with Crippen LogP contribution in [0.15, 0.2) is 59.1 Å². The van der Waals surface area contributed by atoms with Gasteiger partial charge in [0, 0.05) is 12.1 Å². The number of ether oxygens (including phenoxy) is 1. The summed E-state index contributed by atoms with van der Waals surface area (Å²) in [6.45, 7) is 3.10. The molecule has 0 atom stereocenters. The Hall–Kier alpha value is -2.99. The maximum atomic E-state index is 11.7. The van der Waals surface area contributed by atoms with Gasteiger partial charge in [-0.2, -0.15) is 4.98 Å². The summed E-state index contributed by atoms with van der Waals surface area (Å²) >= 11 is 0. The molecule has 0 aliphatic heterocycles.